The van der Waals surface area contributed by atoms with Crippen molar-refractivity contribution >= 4 is 26.0 Å². The summed E-state index contributed by atoms with van der Waals surface area (Å²) in [6.45, 7) is 2.20. The molecule has 0 spiro atoms. The molecule has 17 heavy (non-hydrogen) atoms. The first-order valence-corrected chi connectivity index (χ1v) is 7.91. The van der Waals surface area contributed by atoms with Crippen LogP contribution in [0.15, 0.2) is 0 Å². The van der Waals surface area contributed by atoms with Gasteiger partial charge in [-0.25, -0.2) is 13.1 Å². The summed E-state index contributed by atoms with van der Waals surface area (Å²) in [7, 11) is -3.58. The molecule has 0 aromatic heterocycles. The number of halogens is 4. The zero-order valence-electron chi connectivity index (χ0n) is 9.56. The highest BCUT2D eigenvalue weighted by Gasteiger charge is 2.27. The molecule has 0 heterocycles. The molecule has 0 bridgehead atoms. The largest absolute Gasteiger partial charge is 0.389 e. The van der Waals surface area contributed by atoms with E-state index < -0.39 is 34.8 Å². The zero-order chi connectivity index (χ0) is 13.5. The fourth-order valence-electron chi connectivity index (χ4n) is 1.11. The standard InChI is InChI=1S/C9H17BrF3NO2S/c1-2-8(10)4-6-14-17(15,16)7-3-5-9(11,12)13/h8,14H,2-7H2,1H3. The second kappa shape index (κ2) is 7.58. The Morgan fingerprint density at radius 3 is 2.41 bits per heavy atom. The van der Waals surface area contributed by atoms with Crippen LogP contribution in [0.4, 0.5) is 13.2 Å². The van der Waals surface area contributed by atoms with Crippen LogP contribution in [-0.2, 0) is 10.0 Å². The second-order valence-electron chi connectivity index (χ2n) is 3.73. The lowest BCUT2D eigenvalue weighted by Gasteiger charge is -2.09. The molecule has 1 N–H and O–H groups in total. The maximum absolute atomic E-state index is 11.8. The molecule has 0 aromatic carbocycles. The lowest BCUT2D eigenvalue weighted by Crippen LogP contribution is -2.29. The Bertz CT molecular complexity index is 306. The van der Waals surface area contributed by atoms with Gasteiger partial charge < -0.3 is 0 Å². The third-order valence-corrected chi connectivity index (χ3v) is 4.67. The second-order valence-corrected chi connectivity index (χ2v) is 6.95. The zero-order valence-corrected chi connectivity index (χ0v) is 12.0. The Morgan fingerprint density at radius 1 is 1.35 bits per heavy atom. The smallest absolute Gasteiger partial charge is 0.215 e. The first kappa shape index (κ1) is 17.2. The van der Waals surface area contributed by atoms with E-state index in [-0.39, 0.29) is 11.4 Å². The van der Waals surface area contributed by atoms with Crippen LogP contribution in [0, 0.1) is 0 Å². The van der Waals surface area contributed by atoms with E-state index in [1.165, 1.54) is 0 Å². The van der Waals surface area contributed by atoms with Gasteiger partial charge in [-0.3, -0.25) is 0 Å². The average Bonchev–Trinajstić information content (AvgIpc) is 2.14. The first-order valence-electron chi connectivity index (χ1n) is 5.34. The topological polar surface area (TPSA) is 46.2 Å². The van der Waals surface area contributed by atoms with E-state index >= 15 is 0 Å². The molecule has 104 valence electrons. The number of nitrogens with one attached hydrogen (secondary N) is 1. The van der Waals surface area contributed by atoms with Gasteiger partial charge in [0.05, 0.1) is 5.75 Å². The molecule has 0 aliphatic heterocycles. The highest BCUT2D eigenvalue weighted by Crippen LogP contribution is 2.21. The van der Waals surface area contributed by atoms with Gasteiger partial charge in [0.25, 0.3) is 0 Å². The molecule has 0 radical (unpaired) electrons. The van der Waals surface area contributed by atoms with E-state index in [4.69, 9.17) is 0 Å². The Balaban J connectivity index is 3.81. The van der Waals surface area contributed by atoms with E-state index in [1.807, 2.05) is 6.92 Å². The lowest BCUT2D eigenvalue weighted by molar-refractivity contribution is -0.134. The summed E-state index contributed by atoms with van der Waals surface area (Å²) in [5, 5.41) is 0. The van der Waals surface area contributed by atoms with Crippen molar-refractivity contribution in [3.05, 3.63) is 0 Å². The summed E-state index contributed by atoms with van der Waals surface area (Å²) in [5.74, 6) is -0.481. The van der Waals surface area contributed by atoms with E-state index in [1.54, 1.807) is 0 Å². The van der Waals surface area contributed by atoms with Crippen molar-refractivity contribution in [2.75, 3.05) is 12.3 Å². The summed E-state index contributed by atoms with van der Waals surface area (Å²) >= 11 is 3.34. The fraction of sp³-hybridized carbons (Fsp3) is 1.00. The molecule has 0 aliphatic carbocycles. The third kappa shape index (κ3) is 11.0. The summed E-state index contributed by atoms with van der Waals surface area (Å²) in [6, 6.07) is 0. The van der Waals surface area contributed by atoms with E-state index in [0.29, 0.717) is 6.42 Å². The van der Waals surface area contributed by atoms with Gasteiger partial charge in [0.1, 0.15) is 0 Å². The molecule has 1 unspecified atom stereocenters. The predicted octanol–water partition coefficient (Wildman–Crippen LogP) is 2.81. The highest BCUT2D eigenvalue weighted by atomic mass is 79.9. The lowest BCUT2D eigenvalue weighted by atomic mass is 10.2. The number of hydrogen-bond acceptors (Lipinski definition) is 2. The fourth-order valence-corrected chi connectivity index (χ4v) is 2.44. The molecular formula is C9H17BrF3NO2S. The minimum atomic E-state index is -4.29. The van der Waals surface area contributed by atoms with Gasteiger partial charge in [0.2, 0.25) is 10.0 Å². The summed E-state index contributed by atoms with van der Waals surface area (Å²) in [5.41, 5.74) is 0. The van der Waals surface area contributed by atoms with E-state index in [0.717, 1.165) is 6.42 Å². The predicted molar refractivity (Wildman–Crippen MR) is 64.7 cm³/mol. The number of rotatable bonds is 8. The molecule has 3 nitrogen and oxygen atoms in total. The molecule has 1 atom stereocenters. The molecular weight excluding hydrogens is 323 g/mol. The molecule has 0 fully saturated rings. The Hall–Kier alpha value is 0.180. The van der Waals surface area contributed by atoms with Gasteiger partial charge in [-0.05, 0) is 19.3 Å². The van der Waals surface area contributed by atoms with E-state index in [2.05, 4.69) is 20.7 Å². The highest BCUT2D eigenvalue weighted by molar-refractivity contribution is 9.09. The summed E-state index contributed by atoms with van der Waals surface area (Å²) in [6.07, 6.45) is -4.27. The molecule has 0 amide bonds. The van der Waals surface area contributed by atoms with Crippen molar-refractivity contribution in [3.8, 4) is 0 Å². The van der Waals surface area contributed by atoms with Crippen LogP contribution in [0.1, 0.15) is 32.6 Å². The van der Waals surface area contributed by atoms with Crippen molar-refractivity contribution in [2.45, 2.75) is 43.6 Å². The van der Waals surface area contributed by atoms with Crippen molar-refractivity contribution in [1.82, 2.24) is 4.72 Å². The Labute approximate surface area is 108 Å². The van der Waals surface area contributed by atoms with Crippen LogP contribution in [0.2, 0.25) is 0 Å². The van der Waals surface area contributed by atoms with Crippen LogP contribution in [0.3, 0.4) is 0 Å². The molecule has 0 aliphatic rings. The first-order chi connectivity index (χ1) is 7.66. The van der Waals surface area contributed by atoms with Crippen molar-refractivity contribution < 1.29 is 21.6 Å². The van der Waals surface area contributed by atoms with Gasteiger partial charge in [-0.2, -0.15) is 13.2 Å². The van der Waals surface area contributed by atoms with Crippen LogP contribution in [0.25, 0.3) is 0 Å². The molecule has 0 rings (SSSR count). The van der Waals surface area contributed by atoms with Crippen molar-refractivity contribution in [1.29, 1.82) is 0 Å². The van der Waals surface area contributed by atoms with Crippen LogP contribution >= 0.6 is 15.9 Å². The van der Waals surface area contributed by atoms with Gasteiger partial charge in [-0.15, -0.1) is 0 Å². The number of alkyl halides is 4. The minimum absolute atomic E-state index is 0.223. The van der Waals surface area contributed by atoms with E-state index in [9.17, 15) is 21.6 Å². The van der Waals surface area contributed by atoms with Gasteiger partial charge >= 0.3 is 6.18 Å². The summed E-state index contributed by atoms with van der Waals surface area (Å²) in [4.78, 5) is 0.223. The molecule has 0 saturated heterocycles. The monoisotopic (exact) mass is 339 g/mol. The maximum atomic E-state index is 11.8. The van der Waals surface area contributed by atoms with Gasteiger partial charge in [0, 0.05) is 17.8 Å². The molecule has 0 saturated carbocycles. The number of hydrogen-bond donors (Lipinski definition) is 1. The maximum Gasteiger partial charge on any atom is 0.389 e. The van der Waals surface area contributed by atoms with Crippen molar-refractivity contribution in [3.63, 3.8) is 0 Å². The van der Waals surface area contributed by atoms with Gasteiger partial charge in [-0.1, -0.05) is 22.9 Å². The average molecular weight is 340 g/mol. The van der Waals surface area contributed by atoms with Crippen LogP contribution in [-0.4, -0.2) is 31.7 Å². The SMILES string of the molecule is CCC(Br)CCNS(=O)(=O)CCCC(F)(F)F. The quantitative estimate of drug-likeness (QED) is 0.691. The Kier molecular flexibility index (Phi) is 7.66. The molecule has 8 heteroatoms. The van der Waals surface area contributed by atoms with Gasteiger partial charge in [0.15, 0.2) is 0 Å². The van der Waals surface area contributed by atoms with Crippen LogP contribution in [0.5, 0.6) is 0 Å². The normalized spacial score (nSPS) is 14.9. The number of sulfonamides is 1. The minimum Gasteiger partial charge on any atom is -0.215 e. The Morgan fingerprint density at radius 2 is 1.94 bits per heavy atom. The summed E-state index contributed by atoms with van der Waals surface area (Å²) < 4.78 is 60.3. The molecule has 0 aromatic rings. The van der Waals surface area contributed by atoms with Crippen molar-refractivity contribution in [2.24, 2.45) is 0 Å². The van der Waals surface area contributed by atoms with Crippen LogP contribution < -0.4 is 4.72 Å². The third-order valence-electron chi connectivity index (χ3n) is 2.10.